The molecule has 0 saturated carbocycles. The van der Waals surface area contributed by atoms with E-state index in [9.17, 15) is 14.9 Å². The molecule has 0 aliphatic rings. The van der Waals surface area contributed by atoms with Crippen LogP contribution in [0.25, 0.3) is 0 Å². The van der Waals surface area contributed by atoms with Crippen molar-refractivity contribution < 1.29 is 14.8 Å². The van der Waals surface area contributed by atoms with Crippen LogP contribution in [0.15, 0.2) is 42.5 Å². The number of nitro benzene ring substituents is 1. The van der Waals surface area contributed by atoms with Crippen LogP contribution >= 0.6 is 0 Å². The third kappa shape index (κ3) is 2.74. The van der Waals surface area contributed by atoms with E-state index >= 15 is 0 Å². The van der Waals surface area contributed by atoms with Gasteiger partial charge in [0.1, 0.15) is 0 Å². The molecular formula is C14H12N2O4. The molecule has 0 amide bonds. The summed E-state index contributed by atoms with van der Waals surface area (Å²) in [5.74, 6) is -1.14. The molecule has 0 unspecified atom stereocenters. The Morgan fingerprint density at radius 2 is 1.90 bits per heavy atom. The fourth-order valence-electron chi connectivity index (χ4n) is 1.79. The highest BCUT2D eigenvalue weighted by molar-refractivity contribution is 5.96. The molecule has 0 aromatic heterocycles. The summed E-state index contributed by atoms with van der Waals surface area (Å²) >= 11 is 0. The number of hydrogen-bond acceptors (Lipinski definition) is 4. The van der Waals surface area contributed by atoms with Crippen LogP contribution in [0.5, 0.6) is 0 Å². The second-order valence-electron chi connectivity index (χ2n) is 4.23. The van der Waals surface area contributed by atoms with E-state index in [0.29, 0.717) is 5.69 Å². The molecule has 0 fully saturated rings. The zero-order chi connectivity index (χ0) is 14.7. The summed E-state index contributed by atoms with van der Waals surface area (Å²) in [5.41, 5.74) is 1.64. The summed E-state index contributed by atoms with van der Waals surface area (Å²) in [7, 11) is 0. The second kappa shape index (κ2) is 5.40. The second-order valence-corrected chi connectivity index (χ2v) is 4.23. The van der Waals surface area contributed by atoms with Gasteiger partial charge in [0, 0.05) is 17.8 Å². The molecule has 0 spiro atoms. The van der Waals surface area contributed by atoms with Gasteiger partial charge in [0.25, 0.3) is 5.69 Å². The van der Waals surface area contributed by atoms with Gasteiger partial charge in [-0.05, 0) is 24.6 Å². The first kappa shape index (κ1) is 13.5. The standard InChI is InChI=1S/C14H12N2O4/c1-9-4-2-3-5-12(9)15-13-8-10(16(19)20)6-7-11(13)14(17)18/h2-8,15H,1H3,(H,17,18). The minimum absolute atomic E-state index is 0.0150. The average Bonchev–Trinajstić information content (AvgIpc) is 2.41. The number of non-ortho nitro benzene ring substituents is 1. The number of carboxylic acids is 1. The van der Waals surface area contributed by atoms with Gasteiger partial charge >= 0.3 is 5.97 Å². The molecule has 20 heavy (non-hydrogen) atoms. The maximum absolute atomic E-state index is 11.2. The molecule has 2 aromatic carbocycles. The van der Waals surface area contributed by atoms with E-state index in [4.69, 9.17) is 5.11 Å². The molecule has 0 aliphatic heterocycles. The van der Waals surface area contributed by atoms with Crippen molar-refractivity contribution in [2.75, 3.05) is 5.32 Å². The van der Waals surface area contributed by atoms with Crippen molar-refractivity contribution in [3.05, 3.63) is 63.7 Å². The fourth-order valence-corrected chi connectivity index (χ4v) is 1.79. The Balaban J connectivity index is 2.48. The highest BCUT2D eigenvalue weighted by atomic mass is 16.6. The number of aromatic carboxylic acids is 1. The fraction of sp³-hybridized carbons (Fsp3) is 0.0714. The Bertz CT molecular complexity index is 683. The zero-order valence-electron chi connectivity index (χ0n) is 10.7. The number of nitro groups is 1. The van der Waals surface area contributed by atoms with Crippen LogP contribution in [0.1, 0.15) is 15.9 Å². The third-order valence-electron chi connectivity index (χ3n) is 2.86. The summed E-state index contributed by atoms with van der Waals surface area (Å²) in [4.78, 5) is 21.4. The average molecular weight is 272 g/mol. The molecule has 2 rings (SSSR count). The summed E-state index contributed by atoms with van der Waals surface area (Å²) in [6, 6.07) is 10.9. The van der Waals surface area contributed by atoms with Crippen molar-refractivity contribution in [1.82, 2.24) is 0 Å². The van der Waals surface area contributed by atoms with Gasteiger partial charge in [0.2, 0.25) is 0 Å². The number of hydrogen-bond donors (Lipinski definition) is 2. The van der Waals surface area contributed by atoms with Crippen LogP contribution in [-0.2, 0) is 0 Å². The number of nitrogens with one attached hydrogen (secondary N) is 1. The van der Waals surface area contributed by atoms with Gasteiger partial charge in [-0.25, -0.2) is 4.79 Å². The quantitative estimate of drug-likeness (QED) is 0.657. The van der Waals surface area contributed by atoms with E-state index in [1.165, 1.54) is 18.2 Å². The normalized spacial score (nSPS) is 10.1. The maximum atomic E-state index is 11.2. The lowest BCUT2D eigenvalue weighted by atomic mass is 10.1. The van der Waals surface area contributed by atoms with Crippen molar-refractivity contribution in [3.8, 4) is 0 Å². The first-order chi connectivity index (χ1) is 9.49. The van der Waals surface area contributed by atoms with Crippen molar-refractivity contribution in [2.45, 2.75) is 6.92 Å². The first-order valence-corrected chi connectivity index (χ1v) is 5.83. The number of aryl methyl sites for hydroxylation is 1. The Hall–Kier alpha value is -2.89. The van der Waals surface area contributed by atoms with Crippen LogP contribution in [-0.4, -0.2) is 16.0 Å². The van der Waals surface area contributed by atoms with E-state index in [-0.39, 0.29) is 16.9 Å². The number of benzene rings is 2. The topological polar surface area (TPSA) is 92.5 Å². The summed E-state index contributed by atoms with van der Waals surface area (Å²) < 4.78 is 0. The summed E-state index contributed by atoms with van der Waals surface area (Å²) in [6.45, 7) is 1.86. The largest absolute Gasteiger partial charge is 0.478 e. The summed E-state index contributed by atoms with van der Waals surface area (Å²) in [6.07, 6.45) is 0. The lowest BCUT2D eigenvalue weighted by molar-refractivity contribution is -0.384. The van der Waals surface area contributed by atoms with Crippen molar-refractivity contribution >= 4 is 23.0 Å². The Kier molecular flexibility index (Phi) is 3.65. The number of carboxylic acid groups (broad SMARTS) is 1. The zero-order valence-corrected chi connectivity index (χ0v) is 10.7. The Morgan fingerprint density at radius 3 is 2.50 bits per heavy atom. The highest BCUT2D eigenvalue weighted by Crippen LogP contribution is 2.27. The minimum Gasteiger partial charge on any atom is -0.478 e. The molecule has 6 heteroatoms. The third-order valence-corrected chi connectivity index (χ3v) is 2.86. The van der Waals surface area contributed by atoms with E-state index in [0.717, 1.165) is 5.56 Å². The Labute approximate surface area is 114 Å². The van der Waals surface area contributed by atoms with E-state index in [1.807, 2.05) is 19.1 Å². The molecule has 0 saturated heterocycles. The lowest BCUT2D eigenvalue weighted by Gasteiger charge is -2.11. The highest BCUT2D eigenvalue weighted by Gasteiger charge is 2.15. The first-order valence-electron chi connectivity index (χ1n) is 5.83. The van der Waals surface area contributed by atoms with E-state index in [2.05, 4.69) is 5.32 Å². The van der Waals surface area contributed by atoms with Crippen molar-refractivity contribution in [3.63, 3.8) is 0 Å². The Morgan fingerprint density at radius 1 is 1.20 bits per heavy atom. The van der Waals surface area contributed by atoms with Gasteiger partial charge in [-0.2, -0.15) is 0 Å². The van der Waals surface area contributed by atoms with Crippen LogP contribution in [0.3, 0.4) is 0 Å². The molecule has 0 heterocycles. The predicted octanol–water partition coefficient (Wildman–Crippen LogP) is 3.35. The van der Waals surface area contributed by atoms with Crippen molar-refractivity contribution in [2.24, 2.45) is 0 Å². The molecule has 0 radical (unpaired) electrons. The lowest BCUT2D eigenvalue weighted by Crippen LogP contribution is -2.04. The molecule has 102 valence electrons. The minimum atomic E-state index is -1.14. The number of rotatable bonds is 4. The van der Waals surface area contributed by atoms with Gasteiger partial charge < -0.3 is 10.4 Å². The predicted molar refractivity (Wildman–Crippen MR) is 74.5 cm³/mol. The monoisotopic (exact) mass is 272 g/mol. The molecule has 6 nitrogen and oxygen atoms in total. The van der Waals surface area contributed by atoms with Crippen LogP contribution in [0.2, 0.25) is 0 Å². The number of para-hydroxylation sites is 1. The van der Waals surface area contributed by atoms with E-state index in [1.54, 1.807) is 12.1 Å². The molecule has 2 aromatic rings. The molecule has 0 bridgehead atoms. The SMILES string of the molecule is Cc1ccccc1Nc1cc([N+](=O)[O-])ccc1C(=O)O. The number of anilines is 2. The van der Waals surface area contributed by atoms with Crippen LogP contribution < -0.4 is 5.32 Å². The molecule has 2 N–H and O–H groups in total. The van der Waals surface area contributed by atoms with E-state index < -0.39 is 10.9 Å². The summed E-state index contributed by atoms with van der Waals surface area (Å²) in [5, 5.41) is 22.8. The van der Waals surface area contributed by atoms with Gasteiger partial charge in [-0.3, -0.25) is 10.1 Å². The van der Waals surface area contributed by atoms with Gasteiger partial charge in [0.05, 0.1) is 16.2 Å². The molecular weight excluding hydrogens is 260 g/mol. The van der Waals surface area contributed by atoms with Crippen LogP contribution in [0, 0.1) is 17.0 Å². The molecule has 0 aliphatic carbocycles. The maximum Gasteiger partial charge on any atom is 0.337 e. The molecule has 0 atom stereocenters. The smallest absolute Gasteiger partial charge is 0.337 e. The van der Waals surface area contributed by atoms with Crippen LogP contribution in [0.4, 0.5) is 17.1 Å². The van der Waals surface area contributed by atoms with Gasteiger partial charge in [0.15, 0.2) is 0 Å². The van der Waals surface area contributed by atoms with Gasteiger partial charge in [-0.15, -0.1) is 0 Å². The number of carbonyl (C=O) groups is 1. The van der Waals surface area contributed by atoms with Crippen molar-refractivity contribution in [1.29, 1.82) is 0 Å². The number of nitrogens with zero attached hydrogens (tertiary/aromatic N) is 1. The van der Waals surface area contributed by atoms with Gasteiger partial charge in [-0.1, -0.05) is 18.2 Å².